The highest BCUT2D eigenvalue weighted by molar-refractivity contribution is 8.02. The summed E-state index contributed by atoms with van der Waals surface area (Å²) in [5, 5.41) is 0. The molecule has 0 aliphatic rings. The number of carbonyl (C=O) groups excluding carboxylic acids is 1. The predicted octanol–water partition coefficient (Wildman–Crippen LogP) is 2.17. The van der Waals surface area contributed by atoms with Crippen LogP contribution in [0.1, 0.15) is 0 Å². The summed E-state index contributed by atoms with van der Waals surface area (Å²) in [4.78, 5) is 11.2. The molecular weight excluding hydrogens is 144 g/mol. The number of aldehydes is 1. The van der Waals surface area contributed by atoms with E-state index in [9.17, 15) is 4.79 Å². The van der Waals surface area contributed by atoms with Gasteiger partial charge in [-0.15, -0.1) is 11.8 Å². The molecule has 1 nitrogen and oxygen atoms in total. The number of rotatable bonds is 4. The van der Waals surface area contributed by atoms with Crippen LogP contribution in [0.4, 0.5) is 0 Å². The summed E-state index contributed by atoms with van der Waals surface area (Å²) in [5.74, 6) is 0. The second-order valence-electron chi connectivity index (χ2n) is 1.55. The third-order valence-corrected chi connectivity index (χ3v) is 1.88. The lowest BCUT2D eigenvalue weighted by Gasteiger charge is -1.96. The first-order valence-corrected chi connectivity index (χ1v) is 4.01. The molecule has 0 amide bonds. The van der Waals surface area contributed by atoms with Crippen molar-refractivity contribution in [1.82, 2.24) is 0 Å². The van der Waals surface area contributed by atoms with Crippen LogP contribution in [0, 0.1) is 0 Å². The Hall–Kier alpha value is -0.760. The number of hydrogen-bond donors (Lipinski definition) is 0. The maximum Gasteiger partial charge on any atom is 0.151 e. The average Bonchev–Trinajstić information content (AvgIpc) is 2.00. The standard InChI is InChI=1S/C8H10OS/c1-4-7(6-9)8(5-2)10-3/h4-6H,1-2H2,3H3/b8-7-. The summed E-state index contributed by atoms with van der Waals surface area (Å²) in [7, 11) is 0. The molecule has 0 saturated carbocycles. The van der Waals surface area contributed by atoms with Crippen molar-refractivity contribution in [1.29, 1.82) is 0 Å². The molecule has 2 heteroatoms. The second-order valence-corrected chi connectivity index (χ2v) is 2.40. The van der Waals surface area contributed by atoms with Gasteiger partial charge in [0.05, 0.1) is 0 Å². The van der Waals surface area contributed by atoms with Crippen molar-refractivity contribution >= 4 is 18.0 Å². The van der Waals surface area contributed by atoms with Crippen LogP contribution in [0.3, 0.4) is 0 Å². The van der Waals surface area contributed by atoms with Crippen LogP contribution < -0.4 is 0 Å². The highest BCUT2D eigenvalue weighted by Crippen LogP contribution is 2.16. The van der Waals surface area contributed by atoms with Gasteiger partial charge in [-0.25, -0.2) is 0 Å². The largest absolute Gasteiger partial charge is 0.298 e. The summed E-state index contributed by atoms with van der Waals surface area (Å²) in [6, 6.07) is 0. The number of thioether (sulfide) groups is 1. The molecular formula is C8H10OS. The van der Waals surface area contributed by atoms with E-state index in [0.29, 0.717) is 5.57 Å². The van der Waals surface area contributed by atoms with E-state index in [-0.39, 0.29) is 0 Å². The molecule has 10 heavy (non-hydrogen) atoms. The molecule has 0 aromatic carbocycles. The minimum atomic E-state index is 0.600. The highest BCUT2D eigenvalue weighted by atomic mass is 32.2. The fourth-order valence-corrected chi connectivity index (χ4v) is 1.06. The zero-order valence-electron chi connectivity index (χ0n) is 5.96. The maximum absolute atomic E-state index is 10.3. The van der Waals surface area contributed by atoms with Gasteiger partial charge < -0.3 is 0 Å². The molecule has 0 aromatic rings. The lowest BCUT2D eigenvalue weighted by atomic mass is 10.3. The molecule has 0 atom stereocenters. The van der Waals surface area contributed by atoms with Crippen LogP contribution in [0.2, 0.25) is 0 Å². The molecule has 0 fully saturated rings. The summed E-state index contributed by atoms with van der Waals surface area (Å²) in [5.41, 5.74) is 0.600. The first kappa shape index (κ1) is 9.24. The van der Waals surface area contributed by atoms with Crippen molar-refractivity contribution in [2.45, 2.75) is 0 Å². The molecule has 0 bridgehead atoms. The van der Waals surface area contributed by atoms with Gasteiger partial charge in [-0.2, -0.15) is 0 Å². The molecule has 0 aliphatic carbocycles. The SMILES string of the molecule is C=C/C(C=O)=C(\C=C)SC. The molecule has 0 spiro atoms. The van der Waals surface area contributed by atoms with Crippen LogP contribution in [-0.4, -0.2) is 12.5 Å². The van der Waals surface area contributed by atoms with E-state index >= 15 is 0 Å². The van der Waals surface area contributed by atoms with Crippen LogP contribution in [-0.2, 0) is 4.79 Å². The van der Waals surface area contributed by atoms with E-state index in [1.807, 2.05) is 6.26 Å². The molecule has 0 aromatic heterocycles. The van der Waals surface area contributed by atoms with Crippen LogP contribution in [0.5, 0.6) is 0 Å². The summed E-state index contributed by atoms with van der Waals surface area (Å²) >= 11 is 1.49. The first-order valence-electron chi connectivity index (χ1n) is 2.78. The Kier molecular flexibility index (Phi) is 4.67. The smallest absolute Gasteiger partial charge is 0.151 e. The Morgan fingerprint density at radius 3 is 2.10 bits per heavy atom. The Morgan fingerprint density at radius 2 is 2.00 bits per heavy atom. The van der Waals surface area contributed by atoms with Crippen molar-refractivity contribution in [3.05, 3.63) is 35.8 Å². The topological polar surface area (TPSA) is 17.1 Å². The molecule has 54 valence electrons. The van der Waals surface area contributed by atoms with E-state index in [2.05, 4.69) is 13.2 Å². The molecule has 0 rings (SSSR count). The average molecular weight is 154 g/mol. The lowest BCUT2D eigenvalue weighted by molar-refractivity contribution is -0.104. The van der Waals surface area contributed by atoms with Gasteiger partial charge in [0, 0.05) is 10.5 Å². The highest BCUT2D eigenvalue weighted by Gasteiger charge is 1.94. The van der Waals surface area contributed by atoms with Gasteiger partial charge in [-0.1, -0.05) is 25.3 Å². The van der Waals surface area contributed by atoms with Gasteiger partial charge in [0.1, 0.15) is 0 Å². The van der Waals surface area contributed by atoms with Gasteiger partial charge in [0.15, 0.2) is 6.29 Å². The minimum Gasteiger partial charge on any atom is -0.298 e. The Balaban J connectivity index is 4.67. The summed E-state index contributed by atoms with van der Waals surface area (Å²) in [6.45, 7) is 7.06. The van der Waals surface area contributed by atoms with Gasteiger partial charge in [0.2, 0.25) is 0 Å². The van der Waals surface area contributed by atoms with Crippen molar-refractivity contribution in [2.75, 3.05) is 6.26 Å². The van der Waals surface area contributed by atoms with E-state index < -0.39 is 0 Å². The number of carbonyl (C=O) groups is 1. The Morgan fingerprint density at radius 1 is 1.40 bits per heavy atom. The van der Waals surface area contributed by atoms with Gasteiger partial charge in [0.25, 0.3) is 0 Å². The van der Waals surface area contributed by atoms with E-state index in [0.717, 1.165) is 11.2 Å². The minimum absolute atomic E-state index is 0.600. The van der Waals surface area contributed by atoms with E-state index in [1.165, 1.54) is 17.8 Å². The quantitative estimate of drug-likeness (QED) is 0.351. The van der Waals surface area contributed by atoms with Gasteiger partial charge in [-0.05, 0) is 6.26 Å². The van der Waals surface area contributed by atoms with E-state index in [4.69, 9.17) is 0 Å². The van der Waals surface area contributed by atoms with Crippen molar-refractivity contribution < 1.29 is 4.79 Å². The summed E-state index contributed by atoms with van der Waals surface area (Å²) < 4.78 is 0. The van der Waals surface area contributed by atoms with Crippen molar-refractivity contribution in [2.24, 2.45) is 0 Å². The fraction of sp³-hybridized carbons (Fsp3) is 0.125. The predicted molar refractivity (Wildman–Crippen MR) is 47.0 cm³/mol. The second kappa shape index (κ2) is 5.06. The fourth-order valence-electron chi connectivity index (χ4n) is 0.526. The molecule has 0 aliphatic heterocycles. The summed E-state index contributed by atoms with van der Waals surface area (Å²) in [6.07, 6.45) is 5.85. The monoisotopic (exact) mass is 154 g/mol. The number of hydrogen-bond acceptors (Lipinski definition) is 2. The normalized spacial score (nSPS) is 11.7. The van der Waals surface area contributed by atoms with Crippen molar-refractivity contribution in [3.8, 4) is 0 Å². The van der Waals surface area contributed by atoms with Gasteiger partial charge >= 0.3 is 0 Å². The third-order valence-electron chi connectivity index (χ3n) is 1.04. The Bertz CT molecular complexity index is 170. The Labute approximate surface area is 65.5 Å². The lowest BCUT2D eigenvalue weighted by Crippen LogP contribution is -1.82. The van der Waals surface area contributed by atoms with Crippen LogP contribution in [0.15, 0.2) is 35.8 Å². The van der Waals surface area contributed by atoms with Crippen LogP contribution >= 0.6 is 11.8 Å². The molecule has 0 N–H and O–H groups in total. The molecule has 0 unspecified atom stereocenters. The number of allylic oxidation sites excluding steroid dienone is 3. The maximum atomic E-state index is 10.3. The molecule has 0 radical (unpaired) electrons. The van der Waals surface area contributed by atoms with Crippen LogP contribution in [0.25, 0.3) is 0 Å². The van der Waals surface area contributed by atoms with E-state index in [1.54, 1.807) is 6.08 Å². The third kappa shape index (κ3) is 2.23. The first-order chi connectivity index (χ1) is 4.79. The van der Waals surface area contributed by atoms with Gasteiger partial charge in [-0.3, -0.25) is 4.79 Å². The molecule has 0 saturated heterocycles. The molecule has 0 heterocycles. The van der Waals surface area contributed by atoms with Crippen molar-refractivity contribution in [3.63, 3.8) is 0 Å². The zero-order chi connectivity index (χ0) is 7.98. The zero-order valence-corrected chi connectivity index (χ0v) is 6.78.